The van der Waals surface area contributed by atoms with Gasteiger partial charge in [-0.25, -0.2) is 0 Å². The Morgan fingerprint density at radius 2 is 2.25 bits per heavy atom. The maximum Gasteiger partial charge on any atom is 0.264 e. The molecule has 1 aliphatic rings. The molecule has 2 aromatic rings. The van der Waals surface area contributed by atoms with Gasteiger partial charge in [0.05, 0.1) is 13.7 Å². The van der Waals surface area contributed by atoms with Crippen LogP contribution < -0.4 is 9.47 Å². The Morgan fingerprint density at radius 3 is 2.95 bits per heavy atom. The van der Waals surface area contributed by atoms with Gasteiger partial charge in [0.15, 0.2) is 23.9 Å². The zero-order valence-corrected chi connectivity index (χ0v) is 11.2. The summed E-state index contributed by atoms with van der Waals surface area (Å²) in [4.78, 5) is 4.29. The van der Waals surface area contributed by atoms with Crippen molar-refractivity contribution in [1.82, 2.24) is 10.1 Å². The van der Waals surface area contributed by atoms with Crippen LogP contribution in [0.25, 0.3) is 0 Å². The van der Waals surface area contributed by atoms with Gasteiger partial charge < -0.3 is 19.1 Å². The molecule has 1 aromatic carbocycles. The molecule has 0 unspecified atom stereocenters. The van der Waals surface area contributed by atoms with E-state index in [1.54, 1.807) is 25.3 Å². The van der Waals surface area contributed by atoms with Crippen LogP contribution in [0.5, 0.6) is 11.5 Å². The molecule has 1 heterocycles. The third kappa shape index (κ3) is 2.60. The van der Waals surface area contributed by atoms with E-state index in [1.807, 2.05) is 0 Å². The first-order chi connectivity index (χ1) is 9.81. The Kier molecular flexibility index (Phi) is 3.56. The molecule has 0 amide bonds. The fourth-order valence-corrected chi connectivity index (χ4v) is 1.98. The van der Waals surface area contributed by atoms with Gasteiger partial charge in [-0.05, 0) is 18.9 Å². The molecule has 1 saturated carbocycles. The molecule has 0 aliphatic heterocycles. The lowest BCUT2D eigenvalue weighted by Crippen LogP contribution is -2.01. The number of methoxy groups -OCH3 is 1. The molecule has 0 spiro atoms. The normalized spacial score (nSPS) is 14.3. The van der Waals surface area contributed by atoms with Crippen molar-refractivity contribution in [3.8, 4) is 11.5 Å². The van der Waals surface area contributed by atoms with Crippen molar-refractivity contribution in [2.75, 3.05) is 7.11 Å². The fourth-order valence-electron chi connectivity index (χ4n) is 1.98. The topological polar surface area (TPSA) is 77.6 Å². The molecule has 0 saturated heterocycles. The van der Waals surface area contributed by atoms with Gasteiger partial charge in [-0.3, -0.25) is 0 Å². The monoisotopic (exact) mass is 276 g/mol. The molecule has 20 heavy (non-hydrogen) atoms. The lowest BCUT2D eigenvalue weighted by atomic mass is 10.2. The van der Waals surface area contributed by atoms with E-state index in [0.717, 1.165) is 18.7 Å². The van der Waals surface area contributed by atoms with Crippen LogP contribution in [-0.2, 0) is 13.2 Å². The van der Waals surface area contributed by atoms with E-state index in [-0.39, 0.29) is 13.2 Å². The second kappa shape index (κ2) is 5.50. The van der Waals surface area contributed by atoms with Crippen molar-refractivity contribution in [2.24, 2.45) is 0 Å². The van der Waals surface area contributed by atoms with Gasteiger partial charge in [-0.15, -0.1) is 0 Å². The minimum absolute atomic E-state index is 0.121. The maximum absolute atomic E-state index is 9.33. The smallest absolute Gasteiger partial charge is 0.264 e. The molecule has 0 bridgehead atoms. The van der Waals surface area contributed by atoms with Gasteiger partial charge in [0.2, 0.25) is 0 Å². The summed E-state index contributed by atoms with van der Waals surface area (Å²) >= 11 is 0. The zero-order valence-electron chi connectivity index (χ0n) is 11.2. The Morgan fingerprint density at radius 1 is 1.40 bits per heavy atom. The van der Waals surface area contributed by atoms with Crippen molar-refractivity contribution in [3.05, 3.63) is 35.5 Å². The Labute approximate surface area is 116 Å². The van der Waals surface area contributed by atoms with Crippen molar-refractivity contribution in [3.63, 3.8) is 0 Å². The summed E-state index contributed by atoms with van der Waals surface area (Å²) in [6.45, 7) is 0.0385. The predicted molar refractivity (Wildman–Crippen MR) is 69.5 cm³/mol. The molecule has 1 N–H and O–H groups in total. The molecule has 1 aliphatic carbocycles. The van der Waals surface area contributed by atoms with Crippen LogP contribution >= 0.6 is 0 Å². The van der Waals surface area contributed by atoms with Crippen molar-refractivity contribution >= 4 is 0 Å². The highest BCUT2D eigenvalue weighted by atomic mass is 16.5. The molecule has 1 aromatic heterocycles. The number of hydrogen-bond donors (Lipinski definition) is 1. The Hall–Kier alpha value is -2.08. The number of aliphatic hydroxyl groups excluding tert-OH is 1. The summed E-state index contributed by atoms with van der Waals surface area (Å²) in [6, 6.07) is 5.36. The van der Waals surface area contributed by atoms with Gasteiger partial charge in [0.25, 0.3) is 5.89 Å². The third-order valence-electron chi connectivity index (χ3n) is 3.22. The fraction of sp³-hybridized carbons (Fsp3) is 0.429. The van der Waals surface area contributed by atoms with E-state index >= 15 is 0 Å². The number of nitrogens with zero attached hydrogens (tertiary/aromatic N) is 2. The summed E-state index contributed by atoms with van der Waals surface area (Å²) in [5, 5.41) is 13.3. The van der Waals surface area contributed by atoms with Crippen LogP contribution in [0.2, 0.25) is 0 Å². The molecule has 6 nitrogen and oxygen atoms in total. The summed E-state index contributed by atoms with van der Waals surface area (Å²) in [5.74, 6) is 2.71. The SMILES string of the molecule is COc1cccc(CO)c1OCc1nc(C2CC2)no1. The number of ether oxygens (including phenoxy) is 2. The number of benzene rings is 1. The van der Waals surface area contributed by atoms with Gasteiger partial charge in [-0.2, -0.15) is 4.98 Å². The number of para-hydroxylation sites is 1. The molecular formula is C14H16N2O4. The van der Waals surface area contributed by atoms with E-state index in [0.29, 0.717) is 28.9 Å². The van der Waals surface area contributed by atoms with E-state index in [1.165, 1.54) is 0 Å². The Balaban J connectivity index is 1.73. The molecule has 6 heteroatoms. The summed E-state index contributed by atoms with van der Waals surface area (Å²) in [5.41, 5.74) is 0.659. The van der Waals surface area contributed by atoms with Gasteiger partial charge in [-0.1, -0.05) is 17.3 Å². The number of rotatable bonds is 6. The summed E-state index contributed by atoms with van der Waals surface area (Å²) in [7, 11) is 1.56. The lowest BCUT2D eigenvalue weighted by Gasteiger charge is -2.12. The van der Waals surface area contributed by atoms with E-state index < -0.39 is 0 Å². The predicted octanol–water partition coefficient (Wildman–Crippen LogP) is 2.03. The van der Waals surface area contributed by atoms with Crippen LogP contribution in [0.4, 0.5) is 0 Å². The standard InChI is InChI=1S/C14H16N2O4/c1-18-11-4-2-3-10(7-17)13(11)19-8-12-15-14(16-20-12)9-5-6-9/h2-4,9,17H,5-8H2,1H3. The van der Waals surface area contributed by atoms with Crippen LogP contribution in [0, 0.1) is 0 Å². The third-order valence-corrected chi connectivity index (χ3v) is 3.22. The van der Waals surface area contributed by atoms with E-state index in [4.69, 9.17) is 14.0 Å². The molecule has 3 rings (SSSR count). The quantitative estimate of drug-likeness (QED) is 0.869. The van der Waals surface area contributed by atoms with Crippen LogP contribution in [0.1, 0.15) is 36.0 Å². The van der Waals surface area contributed by atoms with Crippen LogP contribution in [-0.4, -0.2) is 22.4 Å². The molecule has 0 radical (unpaired) electrons. The first-order valence-electron chi connectivity index (χ1n) is 6.54. The second-order valence-electron chi connectivity index (χ2n) is 4.72. The maximum atomic E-state index is 9.33. The van der Waals surface area contributed by atoms with E-state index in [2.05, 4.69) is 10.1 Å². The van der Waals surface area contributed by atoms with Gasteiger partial charge in [0.1, 0.15) is 0 Å². The van der Waals surface area contributed by atoms with Gasteiger partial charge >= 0.3 is 0 Å². The zero-order chi connectivity index (χ0) is 13.9. The largest absolute Gasteiger partial charge is 0.493 e. The first-order valence-corrected chi connectivity index (χ1v) is 6.54. The minimum Gasteiger partial charge on any atom is -0.493 e. The first kappa shape index (κ1) is 12.9. The number of hydrogen-bond acceptors (Lipinski definition) is 6. The van der Waals surface area contributed by atoms with E-state index in [9.17, 15) is 5.11 Å². The molecule has 0 atom stereocenters. The minimum atomic E-state index is -0.121. The molecule has 106 valence electrons. The van der Waals surface area contributed by atoms with Gasteiger partial charge in [0, 0.05) is 11.5 Å². The van der Waals surface area contributed by atoms with Crippen molar-refractivity contribution in [2.45, 2.75) is 32.0 Å². The summed E-state index contributed by atoms with van der Waals surface area (Å²) < 4.78 is 16.0. The van der Waals surface area contributed by atoms with Crippen molar-refractivity contribution in [1.29, 1.82) is 0 Å². The highest BCUT2D eigenvalue weighted by molar-refractivity contribution is 5.46. The average molecular weight is 276 g/mol. The number of aromatic nitrogens is 2. The van der Waals surface area contributed by atoms with Crippen molar-refractivity contribution < 1.29 is 19.1 Å². The highest BCUT2D eigenvalue weighted by Gasteiger charge is 2.28. The highest BCUT2D eigenvalue weighted by Crippen LogP contribution is 2.38. The Bertz CT molecular complexity index is 570. The lowest BCUT2D eigenvalue weighted by molar-refractivity contribution is 0.220. The van der Waals surface area contributed by atoms with Crippen LogP contribution in [0.15, 0.2) is 22.7 Å². The molecular weight excluding hydrogens is 260 g/mol. The average Bonchev–Trinajstić information content (AvgIpc) is 3.23. The van der Waals surface area contributed by atoms with Crippen LogP contribution in [0.3, 0.4) is 0 Å². The second-order valence-corrected chi connectivity index (χ2v) is 4.72. The summed E-state index contributed by atoms with van der Waals surface area (Å²) in [6.07, 6.45) is 2.25. The molecule has 1 fully saturated rings. The number of aliphatic hydroxyl groups is 1.